The van der Waals surface area contributed by atoms with Gasteiger partial charge in [0.25, 0.3) is 0 Å². The highest BCUT2D eigenvalue weighted by Crippen LogP contribution is 2.28. The van der Waals surface area contributed by atoms with Gasteiger partial charge in [0, 0.05) is 25.6 Å². The summed E-state index contributed by atoms with van der Waals surface area (Å²) in [5, 5.41) is 8.88. The van der Waals surface area contributed by atoms with Crippen molar-refractivity contribution in [3.05, 3.63) is 59.7 Å². The molecule has 7 nitrogen and oxygen atoms in total. The summed E-state index contributed by atoms with van der Waals surface area (Å²) >= 11 is 0. The van der Waals surface area contributed by atoms with Crippen LogP contribution in [-0.4, -0.2) is 56.5 Å². The van der Waals surface area contributed by atoms with Crippen molar-refractivity contribution in [2.75, 3.05) is 26.7 Å². The van der Waals surface area contributed by atoms with E-state index in [-0.39, 0.29) is 37.4 Å². The molecule has 0 atom stereocenters. The number of halogens is 3. The van der Waals surface area contributed by atoms with E-state index in [1.165, 1.54) is 59.9 Å². The summed E-state index contributed by atoms with van der Waals surface area (Å²) in [6.07, 6.45) is -4.34. The molecular weight excluding hydrogens is 471 g/mol. The number of nitriles is 1. The molecule has 1 saturated heterocycles. The number of alkyl halides is 3. The lowest BCUT2D eigenvalue weighted by Gasteiger charge is -2.34. The fourth-order valence-electron chi connectivity index (χ4n) is 3.83. The first kappa shape index (κ1) is 25.5. The van der Waals surface area contributed by atoms with Crippen molar-refractivity contribution in [2.45, 2.75) is 30.5 Å². The van der Waals surface area contributed by atoms with E-state index in [1.807, 2.05) is 6.07 Å². The summed E-state index contributed by atoms with van der Waals surface area (Å²) in [6, 6.07) is 13.8. The first-order chi connectivity index (χ1) is 16.0. The molecule has 2 aromatic carbocycles. The summed E-state index contributed by atoms with van der Waals surface area (Å²) < 4.78 is 71.6. The van der Waals surface area contributed by atoms with Crippen LogP contribution in [-0.2, 0) is 21.4 Å². The lowest BCUT2D eigenvalue weighted by atomic mass is 9.96. The van der Waals surface area contributed by atoms with Gasteiger partial charge in [-0.1, -0.05) is 12.1 Å². The van der Waals surface area contributed by atoms with Crippen LogP contribution >= 0.6 is 0 Å². The Bertz CT molecular complexity index is 1140. The van der Waals surface area contributed by atoms with E-state index >= 15 is 0 Å². The molecule has 1 amide bonds. The molecule has 3 rings (SSSR count). The first-order valence-corrected chi connectivity index (χ1v) is 12.0. The number of benzene rings is 2. The molecule has 0 bridgehead atoms. The Hall–Kier alpha value is -3.10. The molecule has 1 aliphatic rings. The number of methoxy groups -OCH3 is 1. The lowest BCUT2D eigenvalue weighted by molar-refractivity contribution is -0.165. The minimum absolute atomic E-state index is 0.0293. The standard InChI is InChI=1S/C23H24F3N3O4S/c1-33-20-6-8-21(9-7-20)34(31,32)29-12-10-19(11-13-29)22(30)28(16-23(24,25)26)15-18-4-2-17(14-27)3-5-18/h2-9,19H,10-13,15-16H2,1H3. The van der Waals surface area contributed by atoms with Crippen molar-refractivity contribution < 1.29 is 31.1 Å². The number of hydrogen-bond acceptors (Lipinski definition) is 5. The molecule has 11 heteroatoms. The fourth-order valence-corrected chi connectivity index (χ4v) is 5.30. The predicted octanol–water partition coefficient (Wildman–Crippen LogP) is 3.56. The van der Waals surface area contributed by atoms with Gasteiger partial charge in [0.1, 0.15) is 12.3 Å². The summed E-state index contributed by atoms with van der Waals surface area (Å²) in [5.74, 6) is -0.874. The van der Waals surface area contributed by atoms with Crippen LogP contribution < -0.4 is 4.74 Å². The average Bonchev–Trinajstić information content (AvgIpc) is 2.83. The molecule has 1 fully saturated rings. The number of carbonyl (C=O) groups excluding carboxylic acids is 1. The molecule has 0 saturated carbocycles. The Balaban J connectivity index is 1.69. The van der Waals surface area contributed by atoms with Crippen LogP contribution in [0.1, 0.15) is 24.0 Å². The van der Waals surface area contributed by atoms with Gasteiger partial charge in [0.05, 0.1) is 23.6 Å². The van der Waals surface area contributed by atoms with Crippen LogP contribution in [0.15, 0.2) is 53.4 Å². The van der Waals surface area contributed by atoms with Gasteiger partial charge < -0.3 is 9.64 Å². The Morgan fingerprint density at radius 1 is 1.12 bits per heavy atom. The maximum Gasteiger partial charge on any atom is 0.406 e. The van der Waals surface area contributed by atoms with Gasteiger partial charge in [-0.25, -0.2) is 8.42 Å². The zero-order valence-corrected chi connectivity index (χ0v) is 19.3. The summed E-state index contributed by atoms with van der Waals surface area (Å²) in [5.41, 5.74) is 0.832. The smallest absolute Gasteiger partial charge is 0.406 e. The third-order valence-electron chi connectivity index (χ3n) is 5.64. The SMILES string of the molecule is COc1ccc(S(=O)(=O)N2CCC(C(=O)N(Cc3ccc(C#N)cc3)CC(F)(F)F)CC2)cc1. The lowest BCUT2D eigenvalue weighted by Crippen LogP contribution is -2.46. The van der Waals surface area contributed by atoms with Crippen molar-refractivity contribution in [1.29, 1.82) is 5.26 Å². The summed E-state index contributed by atoms with van der Waals surface area (Å²) in [4.78, 5) is 13.8. The number of hydrogen-bond donors (Lipinski definition) is 0. The largest absolute Gasteiger partial charge is 0.497 e. The second-order valence-electron chi connectivity index (χ2n) is 7.97. The van der Waals surface area contributed by atoms with Gasteiger partial charge in [0.2, 0.25) is 15.9 Å². The van der Waals surface area contributed by atoms with E-state index in [0.717, 1.165) is 4.90 Å². The van der Waals surface area contributed by atoms with Crippen molar-refractivity contribution in [1.82, 2.24) is 9.21 Å². The molecule has 182 valence electrons. The van der Waals surface area contributed by atoms with Crippen LogP contribution in [0.4, 0.5) is 13.2 Å². The molecule has 0 aromatic heterocycles. The second kappa shape index (κ2) is 10.4. The van der Waals surface area contributed by atoms with Crippen LogP contribution in [0.3, 0.4) is 0 Å². The van der Waals surface area contributed by atoms with E-state index in [0.29, 0.717) is 16.9 Å². The van der Waals surface area contributed by atoms with E-state index in [1.54, 1.807) is 0 Å². The van der Waals surface area contributed by atoms with Crippen LogP contribution in [0.2, 0.25) is 0 Å². The van der Waals surface area contributed by atoms with E-state index in [4.69, 9.17) is 10.00 Å². The highest BCUT2D eigenvalue weighted by Gasteiger charge is 2.38. The zero-order valence-electron chi connectivity index (χ0n) is 18.5. The van der Waals surface area contributed by atoms with Crippen molar-refractivity contribution in [2.24, 2.45) is 5.92 Å². The van der Waals surface area contributed by atoms with E-state index in [9.17, 15) is 26.4 Å². The first-order valence-electron chi connectivity index (χ1n) is 10.5. The number of rotatable bonds is 7. The Morgan fingerprint density at radius 2 is 1.71 bits per heavy atom. The Kier molecular flexibility index (Phi) is 7.84. The molecule has 1 aliphatic heterocycles. The molecule has 0 radical (unpaired) electrons. The molecular formula is C23H24F3N3O4S. The maximum atomic E-state index is 13.2. The highest BCUT2D eigenvalue weighted by atomic mass is 32.2. The van der Waals surface area contributed by atoms with Gasteiger partial charge >= 0.3 is 6.18 Å². The molecule has 1 heterocycles. The fraction of sp³-hybridized carbons (Fsp3) is 0.391. The van der Waals surface area contributed by atoms with E-state index < -0.39 is 34.6 Å². The third-order valence-corrected chi connectivity index (χ3v) is 7.55. The molecule has 2 aromatic rings. The second-order valence-corrected chi connectivity index (χ2v) is 9.91. The predicted molar refractivity (Wildman–Crippen MR) is 117 cm³/mol. The third kappa shape index (κ3) is 6.27. The topological polar surface area (TPSA) is 90.7 Å². The van der Waals surface area contributed by atoms with Crippen molar-refractivity contribution in [3.63, 3.8) is 0 Å². The minimum Gasteiger partial charge on any atom is -0.497 e. The Labute approximate surface area is 196 Å². The molecule has 0 aliphatic carbocycles. The normalized spacial score (nSPS) is 15.5. The van der Waals surface area contributed by atoms with Crippen LogP contribution in [0.25, 0.3) is 0 Å². The number of piperidine rings is 1. The van der Waals surface area contributed by atoms with E-state index in [2.05, 4.69) is 0 Å². The minimum atomic E-state index is -4.58. The van der Waals surface area contributed by atoms with Crippen LogP contribution in [0, 0.1) is 17.2 Å². The van der Waals surface area contributed by atoms with Gasteiger partial charge in [-0.3, -0.25) is 4.79 Å². The number of carbonyl (C=O) groups is 1. The summed E-state index contributed by atoms with van der Waals surface area (Å²) in [7, 11) is -2.33. The van der Waals surface area contributed by atoms with Crippen molar-refractivity contribution in [3.8, 4) is 11.8 Å². The van der Waals surface area contributed by atoms with Gasteiger partial charge in [-0.05, 0) is 54.8 Å². The maximum absolute atomic E-state index is 13.2. The molecule has 0 spiro atoms. The van der Waals surface area contributed by atoms with Gasteiger partial charge in [-0.2, -0.15) is 22.7 Å². The quantitative estimate of drug-likeness (QED) is 0.586. The van der Waals surface area contributed by atoms with Gasteiger partial charge in [0.15, 0.2) is 0 Å². The number of amides is 1. The zero-order chi connectivity index (χ0) is 24.9. The number of ether oxygens (including phenoxy) is 1. The molecule has 0 unspecified atom stereocenters. The van der Waals surface area contributed by atoms with Gasteiger partial charge in [-0.15, -0.1) is 0 Å². The number of nitrogens with zero attached hydrogens (tertiary/aromatic N) is 3. The Morgan fingerprint density at radius 3 is 2.21 bits per heavy atom. The average molecular weight is 496 g/mol. The van der Waals surface area contributed by atoms with Crippen LogP contribution in [0.5, 0.6) is 5.75 Å². The highest BCUT2D eigenvalue weighted by molar-refractivity contribution is 7.89. The van der Waals surface area contributed by atoms with Crippen molar-refractivity contribution >= 4 is 15.9 Å². The summed E-state index contributed by atoms with van der Waals surface area (Å²) in [6.45, 7) is -1.60. The molecule has 34 heavy (non-hydrogen) atoms. The number of sulfonamides is 1. The molecule has 0 N–H and O–H groups in total. The monoisotopic (exact) mass is 495 g/mol.